The van der Waals surface area contributed by atoms with E-state index in [2.05, 4.69) is 34.7 Å². The lowest BCUT2D eigenvalue weighted by Crippen LogP contribution is -2.17. The number of methoxy groups -OCH3 is 1. The lowest BCUT2D eigenvalue weighted by molar-refractivity contribution is -0.145. The second kappa shape index (κ2) is 7.03. The molecule has 0 saturated heterocycles. The number of carbonyl (C=O) groups excluding carboxylic acids is 1. The van der Waals surface area contributed by atoms with Crippen LogP contribution in [0.1, 0.15) is 35.6 Å². The Morgan fingerprint density at radius 2 is 1.96 bits per heavy atom. The fourth-order valence-corrected chi connectivity index (χ4v) is 3.22. The number of benzene rings is 1. The third-order valence-electron chi connectivity index (χ3n) is 4.42. The summed E-state index contributed by atoms with van der Waals surface area (Å²) in [5.41, 5.74) is 2.34. The van der Waals surface area contributed by atoms with Crippen LogP contribution in [0.15, 0.2) is 18.2 Å². The van der Waals surface area contributed by atoms with E-state index in [4.69, 9.17) is 9.47 Å². The average Bonchev–Trinajstić information content (AvgIpc) is 2.81. The highest BCUT2D eigenvalue weighted by Crippen LogP contribution is 2.22. The first-order valence-corrected chi connectivity index (χ1v) is 8.26. The second-order valence-electron chi connectivity index (χ2n) is 6.34. The quantitative estimate of drug-likeness (QED) is 0.807. The van der Waals surface area contributed by atoms with Crippen LogP contribution in [0.25, 0.3) is 0 Å². The molecule has 6 heteroatoms. The van der Waals surface area contributed by atoms with Crippen molar-refractivity contribution in [3.8, 4) is 5.75 Å². The number of hydrogen-bond acceptors (Lipinski definition) is 5. The minimum atomic E-state index is -0.137. The van der Waals surface area contributed by atoms with Gasteiger partial charge >= 0.3 is 5.97 Å². The maximum atomic E-state index is 11.8. The summed E-state index contributed by atoms with van der Waals surface area (Å²) in [6.45, 7) is 5.19. The number of esters is 1. The van der Waals surface area contributed by atoms with Crippen molar-refractivity contribution in [2.24, 2.45) is 5.92 Å². The van der Waals surface area contributed by atoms with E-state index in [0.29, 0.717) is 13.2 Å². The van der Waals surface area contributed by atoms with Crippen LogP contribution in [0.2, 0.25) is 0 Å². The lowest BCUT2D eigenvalue weighted by Gasteiger charge is -2.12. The maximum Gasteiger partial charge on any atom is 0.308 e. The predicted molar refractivity (Wildman–Crippen MR) is 88.7 cm³/mol. The van der Waals surface area contributed by atoms with Gasteiger partial charge in [-0.15, -0.1) is 10.2 Å². The Kier molecular flexibility index (Phi) is 4.83. The summed E-state index contributed by atoms with van der Waals surface area (Å²) in [5, 5.41) is 8.53. The Morgan fingerprint density at radius 3 is 2.67 bits per heavy atom. The molecule has 0 fully saturated rings. The van der Waals surface area contributed by atoms with Gasteiger partial charge in [-0.1, -0.05) is 6.07 Å². The molecule has 0 aliphatic carbocycles. The molecule has 1 aromatic carbocycles. The SMILES string of the molecule is COC(=O)C1CCc2nnc(COc3cc(C)cc(C)c3)n2CC1. The van der Waals surface area contributed by atoms with Gasteiger partial charge in [0.25, 0.3) is 0 Å². The standard InChI is InChI=1S/C18H23N3O3/c1-12-8-13(2)10-15(9-12)24-11-17-20-19-16-5-4-14(18(22)23-3)6-7-21(16)17/h8-10,14H,4-7,11H2,1-3H3. The number of aromatic nitrogens is 3. The lowest BCUT2D eigenvalue weighted by atomic mass is 10.0. The van der Waals surface area contributed by atoms with Gasteiger partial charge in [-0.2, -0.15) is 0 Å². The molecule has 1 unspecified atom stereocenters. The molecule has 3 rings (SSSR count). The fourth-order valence-electron chi connectivity index (χ4n) is 3.22. The van der Waals surface area contributed by atoms with E-state index < -0.39 is 0 Å². The molecule has 0 saturated carbocycles. The van der Waals surface area contributed by atoms with Gasteiger partial charge in [0.1, 0.15) is 18.2 Å². The summed E-state index contributed by atoms with van der Waals surface area (Å²) in [4.78, 5) is 11.8. The Labute approximate surface area is 141 Å². The zero-order valence-electron chi connectivity index (χ0n) is 14.4. The summed E-state index contributed by atoms with van der Waals surface area (Å²) in [6, 6.07) is 6.14. The van der Waals surface area contributed by atoms with Crippen LogP contribution >= 0.6 is 0 Å². The van der Waals surface area contributed by atoms with Gasteiger partial charge in [-0.05, 0) is 49.9 Å². The van der Waals surface area contributed by atoms with Gasteiger partial charge in [0, 0.05) is 13.0 Å². The average molecular weight is 329 g/mol. The predicted octanol–water partition coefficient (Wildman–Crippen LogP) is 2.60. The summed E-state index contributed by atoms with van der Waals surface area (Å²) in [6.07, 6.45) is 2.23. The van der Waals surface area contributed by atoms with Crippen LogP contribution in [-0.2, 0) is 29.1 Å². The van der Waals surface area contributed by atoms with Gasteiger partial charge in [-0.25, -0.2) is 0 Å². The van der Waals surface area contributed by atoms with Crippen molar-refractivity contribution in [3.63, 3.8) is 0 Å². The Bertz CT molecular complexity index is 719. The zero-order valence-corrected chi connectivity index (χ0v) is 14.4. The largest absolute Gasteiger partial charge is 0.486 e. The van der Waals surface area contributed by atoms with E-state index in [9.17, 15) is 4.79 Å². The molecule has 1 aromatic heterocycles. The van der Waals surface area contributed by atoms with E-state index >= 15 is 0 Å². The van der Waals surface area contributed by atoms with Gasteiger partial charge in [0.15, 0.2) is 5.82 Å². The molecular weight excluding hydrogens is 306 g/mol. The van der Waals surface area contributed by atoms with Crippen LogP contribution in [0.5, 0.6) is 5.75 Å². The molecule has 6 nitrogen and oxygen atoms in total. The summed E-state index contributed by atoms with van der Waals surface area (Å²) in [7, 11) is 1.44. The molecule has 1 atom stereocenters. The van der Waals surface area contributed by atoms with Crippen LogP contribution in [-0.4, -0.2) is 27.8 Å². The molecule has 1 aliphatic heterocycles. The molecule has 24 heavy (non-hydrogen) atoms. The van der Waals surface area contributed by atoms with Crippen molar-refractivity contribution in [1.82, 2.24) is 14.8 Å². The number of rotatable bonds is 4. The molecule has 0 N–H and O–H groups in total. The summed E-state index contributed by atoms with van der Waals surface area (Å²) < 4.78 is 12.8. The van der Waals surface area contributed by atoms with E-state index in [1.165, 1.54) is 18.2 Å². The van der Waals surface area contributed by atoms with Crippen LogP contribution in [0.4, 0.5) is 0 Å². The molecule has 2 heterocycles. The highest BCUT2D eigenvalue weighted by molar-refractivity contribution is 5.72. The molecule has 2 aromatic rings. The molecular formula is C18H23N3O3. The summed E-state index contributed by atoms with van der Waals surface area (Å²) in [5.74, 6) is 2.35. The number of nitrogens with zero attached hydrogens (tertiary/aromatic N) is 3. The normalized spacial score (nSPS) is 17.0. The molecule has 0 bridgehead atoms. The Morgan fingerprint density at radius 1 is 1.21 bits per heavy atom. The molecule has 0 spiro atoms. The monoisotopic (exact) mass is 329 g/mol. The fraction of sp³-hybridized carbons (Fsp3) is 0.500. The Hall–Kier alpha value is -2.37. The topological polar surface area (TPSA) is 66.2 Å². The third kappa shape index (κ3) is 3.58. The minimum absolute atomic E-state index is 0.0649. The van der Waals surface area contributed by atoms with Crippen molar-refractivity contribution < 1.29 is 14.3 Å². The molecule has 128 valence electrons. The maximum absolute atomic E-state index is 11.8. The highest BCUT2D eigenvalue weighted by atomic mass is 16.5. The minimum Gasteiger partial charge on any atom is -0.486 e. The highest BCUT2D eigenvalue weighted by Gasteiger charge is 2.25. The van der Waals surface area contributed by atoms with E-state index in [0.717, 1.165) is 36.7 Å². The third-order valence-corrected chi connectivity index (χ3v) is 4.42. The second-order valence-corrected chi connectivity index (χ2v) is 6.34. The van der Waals surface area contributed by atoms with E-state index in [-0.39, 0.29) is 11.9 Å². The van der Waals surface area contributed by atoms with E-state index in [1.807, 2.05) is 12.1 Å². The zero-order chi connectivity index (χ0) is 17.1. The van der Waals surface area contributed by atoms with Crippen LogP contribution in [0, 0.1) is 19.8 Å². The number of hydrogen-bond donors (Lipinski definition) is 0. The number of fused-ring (bicyclic) bond motifs is 1. The van der Waals surface area contributed by atoms with Gasteiger partial charge < -0.3 is 14.0 Å². The van der Waals surface area contributed by atoms with Crippen molar-refractivity contribution in [3.05, 3.63) is 41.0 Å². The Balaban J connectivity index is 1.69. The number of aryl methyl sites for hydroxylation is 3. The van der Waals surface area contributed by atoms with Crippen molar-refractivity contribution >= 4 is 5.97 Å². The number of ether oxygens (including phenoxy) is 2. The smallest absolute Gasteiger partial charge is 0.308 e. The van der Waals surface area contributed by atoms with Crippen molar-refractivity contribution in [1.29, 1.82) is 0 Å². The first-order chi connectivity index (χ1) is 11.6. The first kappa shape index (κ1) is 16.5. The molecule has 0 amide bonds. The van der Waals surface area contributed by atoms with Crippen molar-refractivity contribution in [2.75, 3.05) is 7.11 Å². The van der Waals surface area contributed by atoms with Crippen LogP contribution < -0.4 is 4.74 Å². The van der Waals surface area contributed by atoms with Gasteiger partial charge in [-0.3, -0.25) is 4.79 Å². The van der Waals surface area contributed by atoms with Gasteiger partial charge in [0.2, 0.25) is 0 Å². The number of carbonyl (C=O) groups is 1. The van der Waals surface area contributed by atoms with Crippen LogP contribution in [0.3, 0.4) is 0 Å². The molecule has 1 aliphatic rings. The first-order valence-electron chi connectivity index (χ1n) is 8.26. The van der Waals surface area contributed by atoms with Gasteiger partial charge in [0.05, 0.1) is 13.0 Å². The molecule has 0 radical (unpaired) electrons. The van der Waals surface area contributed by atoms with Crippen molar-refractivity contribution in [2.45, 2.75) is 46.3 Å². The van der Waals surface area contributed by atoms with E-state index in [1.54, 1.807) is 0 Å². The summed E-state index contributed by atoms with van der Waals surface area (Å²) >= 11 is 0.